The number of nitrogens with zero attached hydrogens (tertiary/aromatic N) is 1. The first-order chi connectivity index (χ1) is 9.32. The molecule has 1 saturated heterocycles. The molecule has 0 radical (unpaired) electrons. The second-order valence-corrected chi connectivity index (χ2v) is 5.90. The van der Waals surface area contributed by atoms with Crippen LogP contribution in [0.25, 0.3) is 0 Å². The van der Waals surface area contributed by atoms with Crippen molar-refractivity contribution in [2.45, 2.75) is 19.8 Å². The molecule has 0 aromatic heterocycles. The van der Waals surface area contributed by atoms with Gasteiger partial charge in [0.15, 0.2) is 0 Å². The lowest BCUT2D eigenvalue weighted by Crippen LogP contribution is -2.46. The van der Waals surface area contributed by atoms with Crippen LogP contribution in [-0.4, -0.2) is 39.1 Å². The number of aromatic hydroxyl groups is 2. The van der Waals surface area contributed by atoms with Gasteiger partial charge in [0.25, 0.3) is 5.91 Å². The van der Waals surface area contributed by atoms with Crippen LogP contribution in [0.3, 0.4) is 0 Å². The van der Waals surface area contributed by atoms with E-state index in [1.54, 1.807) is 4.90 Å². The SMILES string of the molecule is CC1(C(N)=S)CCN(C(=O)c2cc(O)cc(O)c2)CC1. The normalized spacial score (nSPS) is 17.8. The van der Waals surface area contributed by atoms with Crippen molar-refractivity contribution in [3.8, 4) is 11.5 Å². The van der Waals surface area contributed by atoms with Gasteiger partial charge in [0, 0.05) is 30.1 Å². The summed E-state index contributed by atoms with van der Waals surface area (Å²) in [6.07, 6.45) is 1.44. The van der Waals surface area contributed by atoms with Gasteiger partial charge < -0.3 is 20.8 Å². The summed E-state index contributed by atoms with van der Waals surface area (Å²) < 4.78 is 0. The molecular formula is C14H18N2O3S. The molecule has 0 unspecified atom stereocenters. The number of benzene rings is 1. The summed E-state index contributed by atoms with van der Waals surface area (Å²) in [6, 6.07) is 3.89. The number of carbonyl (C=O) groups is 1. The fourth-order valence-electron chi connectivity index (χ4n) is 2.35. The molecule has 6 heteroatoms. The van der Waals surface area contributed by atoms with Crippen molar-refractivity contribution < 1.29 is 15.0 Å². The third-order valence-electron chi connectivity index (χ3n) is 3.90. The minimum atomic E-state index is -0.207. The highest BCUT2D eigenvalue weighted by atomic mass is 32.1. The molecule has 0 bridgehead atoms. The quantitative estimate of drug-likeness (QED) is 0.722. The molecule has 1 amide bonds. The zero-order valence-electron chi connectivity index (χ0n) is 11.3. The van der Waals surface area contributed by atoms with Crippen LogP contribution in [0.15, 0.2) is 18.2 Å². The van der Waals surface area contributed by atoms with Crippen molar-refractivity contribution in [1.82, 2.24) is 4.90 Å². The van der Waals surface area contributed by atoms with Gasteiger partial charge in [0.1, 0.15) is 11.5 Å². The van der Waals surface area contributed by atoms with Crippen LogP contribution >= 0.6 is 12.2 Å². The summed E-state index contributed by atoms with van der Waals surface area (Å²) in [5.74, 6) is -0.460. The number of thiocarbonyl (C=S) groups is 1. The zero-order chi connectivity index (χ0) is 14.9. The van der Waals surface area contributed by atoms with E-state index in [2.05, 4.69) is 0 Å². The number of piperidine rings is 1. The topological polar surface area (TPSA) is 86.8 Å². The summed E-state index contributed by atoms with van der Waals surface area (Å²) in [7, 11) is 0. The van der Waals surface area contributed by atoms with Gasteiger partial charge in [0.2, 0.25) is 0 Å². The number of likely N-dealkylation sites (tertiary alicyclic amines) is 1. The van der Waals surface area contributed by atoms with Crippen LogP contribution in [0, 0.1) is 5.41 Å². The maximum absolute atomic E-state index is 12.3. The third-order valence-corrected chi connectivity index (χ3v) is 4.39. The van der Waals surface area contributed by atoms with E-state index in [4.69, 9.17) is 18.0 Å². The summed E-state index contributed by atoms with van der Waals surface area (Å²) in [5, 5.41) is 18.9. The Kier molecular flexibility index (Phi) is 3.85. The van der Waals surface area contributed by atoms with Crippen LogP contribution in [0.4, 0.5) is 0 Å². The molecule has 1 heterocycles. The van der Waals surface area contributed by atoms with Crippen molar-refractivity contribution in [2.24, 2.45) is 11.1 Å². The maximum atomic E-state index is 12.3. The lowest BCUT2D eigenvalue weighted by molar-refractivity contribution is 0.0669. The van der Waals surface area contributed by atoms with E-state index in [1.807, 2.05) is 6.92 Å². The van der Waals surface area contributed by atoms with Gasteiger partial charge in [-0.2, -0.15) is 0 Å². The summed E-state index contributed by atoms with van der Waals surface area (Å²) >= 11 is 5.07. The largest absolute Gasteiger partial charge is 0.508 e. The molecule has 0 atom stereocenters. The van der Waals surface area contributed by atoms with Crippen molar-refractivity contribution in [3.63, 3.8) is 0 Å². The number of phenolic OH excluding ortho intramolecular Hbond substituents is 2. The molecule has 108 valence electrons. The monoisotopic (exact) mass is 294 g/mol. The molecule has 1 aromatic rings. The second-order valence-electron chi connectivity index (χ2n) is 5.46. The van der Waals surface area contributed by atoms with Gasteiger partial charge in [0.05, 0.1) is 4.99 Å². The Balaban J connectivity index is 2.10. The zero-order valence-corrected chi connectivity index (χ0v) is 12.1. The number of hydrogen-bond donors (Lipinski definition) is 3. The first kappa shape index (κ1) is 14.6. The van der Waals surface area contributed by atoms with E-state index in [-0.39, 0.29) is 28.4 Å². The number of carbonyl (C=O) groups excluding carboxylic acids is 1. The lowest BCUT2D eigenvalue weighted by Gasteiger charge is -2.38. The van der Waals surface area contributed by atoms with Crippen LogP contribution in [0.2, 0.25) is 0 Å². The van der Waals surface area contributed by atoms with Gasteiger partial charge in [-0.05, 0) is 25.0 Å². The minimum absolute atomic E-state index is 0.127. The van der Waals surface area contributed by atoms with E-state index < -0.39 is 0 Å². The molecular weight excluding hydrogens is 276 g/mol. The molecule has 5 nitrogen and oxygen atoms in total. The predicted molar refractivity (Wildman–Crippen MR) is 79.8 cm³/mol. The molecule has 1 aliphatic heterocycles. The Morgan fingerprint density at radius 2 is 1.75 bits per heavy atom. The van der Waals surface area contributed by atoms with Gasteiger partial charge in [-0.25, -0.2) is 0 Å². The Morgan fingerprint density at radius 3 is 2.20 bits per heavy atom. The fraction of sp³-hybridized carbons (Fsp3) is 0.429. The Hall–Kier alpha value is -1.82. The van der Waals surface area contributed by atoms with Crippen LogP contribution < -0.4 is 5.73 Å². The smallest absolute Gasteiger partial charge is 0.254 e. The highest BCUT2D eigenvalue weighted by Crippen LogP contribution is 2.32. The van der Waals surface area contributed by atoms with Gasteiger partial charge in [-0.1, -0.05) is 19.1 Å². The Bertz CT molecular complexity index is 531. The van der Waals surface area contributed by atoms with Crippen LogP contribution in [0.1, 0.15) is 30.1 Å². The molecule has 1 aliphatic rings. The molecule has 0 aliphatic carbocycles. The third kappa shape index (κ3) is 2.85. The van der Waals surface area contributed by atoms with Gasteiger partial charge >= 0.3 is 0 Å². The molecule has 1 fully saturated rings. The molecule has 0 spiro atoms. The average molecular weight is 294 g/mol. The minimum Gasteiger partial charge on any atom is -0.508 e. The van der Waals surface area contributed by atoms with E-state index in [0.29, 0.717) is 18.1 Å². The predicted octanol–water partition coefficient (Wildman–Crippen LogP) is 1.63. The molecule has 1 aromatic carbocycles. The number of amides is 1. The first-order valence-electron chi connectivity index (χ1n) is 6.44. The van der Waals surface area contributed by atoms with Gasteiger partial charge in [-0.3, -0.25) is 4.79 Å². The number of nitrogens with two attached hydrogens (primary N) is 1. The molecule has 20 heavy (non-hydrogen) atoms. The van der Waals surface area contributed by atoms with Crippen molar-refractivity contribution in [3.05, 3.63) is 23.8 Å². The van der Waals surface area contributed by atoms with E-state index >= 15 is 0 Å². The van der Waals surface area contributed by atoms with Gasteiger partial charge in [-0.15, -0.1) is 0 Å². The van der Waals surface area contributed by atoms with Crippen LogP contribution in [0.5, 0.6) is 11.5 Å². The maximum Gasteiger partial charge on any atom is 0.254 e. The molecule has 4 N–H and O–H groups in total. The number of phenols is 2. The highest BCUT2D eigenvalue weighted by molar-refractivity contribution is 7.80. The summed E-state index contributed by atoms with van der Waals surface area (Å²) in [6.45, 7) is 3.13. The number of hydrogen-bond acceptors (Lipinski definition) is 4. The summed E-state index contributed by atoms with van der Waals surface area (Å²) in [4.78, 5) is 14.5. The lowest BCUT2D eigenvalue weighted by atomic mass is 9.80. The summed E-state index contributed by atoms with van der Waals surface area (Å²) in [5.41, 5.74) is 5.81. The second kappa shape index (κ2) is 5.28. The first-order valence-corrected chi connectivity index (χ1v) is 6.85. The average Bonchev–Trinajstić information content (AvgIpc) is 2.37. The van der Waals surface area contributed by atoms with E-state index in [1.165, 1.54) is 18.2 Å². The standard InChI is InChI=1S/C14H18N2O3S/c1-14(13(15)20)2-4-16(5-3-14)12(19)9-6-10(17)8-11(18)7-9/h6-8,17-18H,2-5H2,1H3,(H2,15,20). The number of rotatable bonds is 2. The molecule has 0 saturated carbocycles. The highest BCUT2D eigenvalue weighted by Gasteiger charge is 2.34. The van der Waals surface area contributed by atoms with Crippen molar-refractivity contribution in [1.29, 1.82) is 0 Å². The van der Waals surface area contributed by atoms with Crippen LogP contribution in [-0.2, 0) is 0 Å². The fourth-order valence-corrected chi connectivity index (χ4v) is 2.56. The Labute approximate surface area is 123 Å². The van der Waals surface area contributed by atoms with Crippen molar-refractivity contribution in [2.75, 3.05) is 13.1 Å². The Morgan fingerprint density at radius 1 is 1.25 bits per heavy atom. The van der Waals surface area contributed by atoms with Crippen molar-refractivity contribution >= 4 is 23.1 Å². The van der Waals surface area contributed by atoms with E-state index in [9.17, 15) is 15.0 Å². The molecule has 2 rings (SSSR count). The van der Waals surface area contributed by atoms with E-state index in [0.717, 1.165) is 12.8 Å².